The van der Waals surface area contributed by atoms with Gasteiger partial charge in [0.05, 0.1) is 16.8 Å². The van der Waals surface area contributed by atoms with Crippen LogP contribution in [0.25, 0.3) is 0 Å². The van der Waals surface area contributed by atoms with Crippen molar-refractivity contribution in [1.29, 1.82) is 5.41 Å². The number of hydrogen-bond acceptors (Lipinski definition) is 3. The number of halogens is 3. The Labute approximate surface area is 113 Å². The molecule has 0 unspecified atom stereocenters. The van der Waals surface area contributed by atoms with Gasteiger partial charge in [-0.3, -0.25) is 10.4 Å². The number of anilines is 2. The average molecular weight is 280 g/mol. The van der Waals surface area contributed by atoms with Crippen molar-refractivity contribution in [2.75, 3.05) is 5.32 Å². The minimum Gasteiger partial charge on any atom is -0.384 e. The molecule has 0 spiro atoms. The van der Waals surface area contributed by atoms with Crippen molar-refractivity contribution in [3.8, 4) is 0 Å². The summed E-state index contributed by atoms with van der Waals surface area (Å²) in [6.07, 6.45) is -1.45. The lowest BCUT2D eigenvalue weighted by Crippen LogP contribution is -2.13. The van der Waals surface area contributed by atoms with E-state index in [0.29, 0.717) is 16.9 Å². The summed E-state index contributed by atoms with van der Waals surface area (Å²) in [6.45, 7) is 0. The van der Waals surface area contributed by atoms with Gasteiger partial charge in [0.25, 0.3) is 0 Å². The summed E-state index contributed by atoms with van der Waals surface area (Å²) in [6, 6.07) is 6.18. The van der Waals surface area contributed by atoms with E-state index < -0.39 is 11.7 Å². The quantitative estimate of drug-likeness (QED) is 0.597. The lowest BCUT2D eigenvalue weighted by Gasteiger charge is -2.12. The molecule has 0 atom stereocenters. The maximum absolute atomic E-state index is 12.4. The molecule has 0 amide bonds. The minimum absolute atomic E-state index is 0.174. The van der Waals surface area contributed by atoms with Gasteiger partial charge in [0.1, 0.15) is 5.84 Å². The number of nitrogens with two attached hydrogens (primary N) is 1. The standard InChI is InChI=1S/C13H11F3N4/c14-13(15,16)8-1-3-9(4-2-8)20-11-5-6-19-7-10(11)12(17)18/h1-7H,(H3,17,18)(H,19,20). The van der Waals surface area contributed by atoms with E-state index >= 15 is 0 Å². The Bertz CT molecular complexity index is 620. The zero-order valence-electron chi connectivity index (χ0n) is 10.2. The first-order valence-corrected chi connectivity index (χ1v) is 5.60. The topological polar surface area (TPSA) is 74.8 Å². The molecule has 4 nitrogen and oxygen atoms in total. The van der Waals surface area contributed by atoms with Gasteiger partial charge < -0.3 is 11.1 Å². The molecule has 0 bridgehead atoms. The molecule has 7 heteroatoms. The Morgan fingerprint density at radius 2 is 1.80 bits per heavy atom. The van der Waals surface area contributed by atoms with E-state index in [9.17, 15) is 13.2 Å². The Kier molecular flexibility index (Phi) is 3.60. The lowest BCUT2D eigenvalue weighted by molar-refractivity contribution is -0.137. The van der Waals surface area contributed by atoms with Crippen LogP contribution in [0.4, 0.5) is 24.5 Å². The van der Waals surface area contributed by atoms with Crippen LogP contribution < -0.4 is 11.1 Å². The van der Waals surface area contributed by atoms with Crippen LogP contribution in [-0.2, 0) is 6.18 Å². The number of rotatable bonds is 3. The number of nitrogens with zero attached hydrogens (tertiary/aromatic N) is 1. The summed E-state index contributed by atoms with van der Waals surface area (Å²) >= 11 is 0. The highest BCUT2D eigenvalue weighted by atomic mass is 19.4. The third-order valence-electron chi connectivity index (χ3n) is 2.60. The lowest BCUT2D eigenvalue weighted by atomic mass is 10.1. The number of alkyl halides is 3. The smallest absolute Gasteiger partial charge is 0.384 e. The molecule has 1 aromatic carbocycles. The molecule has 0 aliphatic carbocycles. The summed E-state index contributed by atoms with van der Waals surface area (Å²) < 4.78 is 37.3. The number of benzene rings is 1. The molecule has 0 saturated heterocycles. The fraction of sp³-hybridized carbons (Fsp3) is 0.0769. The normalized spacial score (nSPS) is 11.2. The van der Waals surface area contributed by atoms with Gasteiger partial charge in [0, 0.05) is 18.1 Å². The first-order valence-electron chi connectivity index (χ1n) is 5.60. The maximum Gasteiger partial charge on any atom is 0.416 e. The van der Waals surface area contributed by atoms with Gasteiger partial charge in [-0.25, -0.2) is 0 Å². The third-order valence-corrected chi connectivity index (χ3v) is 2.60. The second-order valence-corrected chi connectivity index (χ2v) is 4.04. The highest BCUT2D eigenvalue weighted by Gasteiger charge is 2.29. The fourth-order valence-corrected chi connectivity index (χ4v) is 1.62. The highest BCUT2D eigenvalue weighted by Crippen LogP contribution is 2.30. The van der Waals surface area contributed by atoms with Crippen molar-refractivity contribution < 1.29 is 13.2 Å². The van der Waals surface area contributed by atoms with Gasteiger partial charge in [-0.1, -0.05) is 0 Å². The monoisotopic (exact) mass is 280 g/mol. The summed E-state index contributed by atoms with van der Waals surface area (Å²) in [4.78, 5) is 3.85. The fourth-order valence-electron chi connectivity index (χ4n) is 1.62. The Morgan fingerprint density at radius 3 is 2.35 bits per heavy atom. The van der Waals surface area contributed by atoms with Crippen molar-refractivity contribution >= 4 is 17.2 Å². The van der Waals surface area contributed by atoms with E-state index in [1.165, 1.54) is 24.5 Å². The molecule has 2 aromatic rings. The number of hydrogen-bond donors (Lipinski definition) is 3. The van der Waals surface area contributed by atoms with Gasteiger partial charge >= 0.3 is 6.18 Å². The molecule has 2 rings (SSSR count). The van der Waals surface area contributed by atoms with E-state index in [4.69, 9.17) is 11.1 Å². The molecule has 1 heterocycles. The number of nitrogen functional groups attached to an aromatic ring is 1. The summed E-state index contributed by atoms with van der Waals surface area (Å²) in [5.41, 5.74) is 6.04. The number of amidine groups is 1. The molecule has 1 aromatic heterocycles. The van der Waals surface area contributed by atoms with Crippen molar-refractivity contribution in [2.45, 2.75) is 6.18 Å². The van der Waals surface area contributed by atoms with Crippen LogP contribution >= 0.6 is 0 Å². The van der Waals surface area contributed by atoms with Crippen molar-refractivity contribution in [3.05, 3.63) is 53.9 Å². The summed E-state index contributed by atoms with van der Waals surface area (Å²) in [5, 5.41) is 10.3. The van der Waals surface area contributed by atoms with Gasteiger partial charge in [-0.15, -0.1) is 0 Å². The minimum atomic E-state index is -4.36. The van der Waals surface area contributed by atoms with Crippen LogP contribution in [0.3, 0.4) is 0 Å². The number of aromatic nitrogens is 1. The van der Waals surface area contributed by atoms with Crippen LogP contribution in [0.1, 0.15) is 11.1 Å². The van der Waals surface area contributed by atoms with Crippen LogP contribution in [0.5, 0.6) is 0 Å². The predicted octanol–water partition coefficient (Wildman–Crippen LogP) is 3.13. The maximum atomic E-state index is 12.4. The average Bonchev–Trinajstić information content (AvgIpc) is 2.38. The van der Waals surface area contributed by atoms with E-state index in [-0.39, 0.29) is 5.84 Å². The largest absolute Gasteiger partial charge is 0.416 e. The molecule has 20 heavy (non-hydrogen) atoms. The predicted molar refractivity (Wildman–Crippen MR) is 70.0 cm³/mol. The highest BCUT2D eigenvalue weighted by molar-refractivity contribution is 6.00. The molecule has 0 fully saturated rings. The first-order chi connectivity index (χ1) is 9.38. The third kappa shape index (κ3) is 3.05. The molecule has 0 radical (unpaired) electrons. The molecule has 0 saturated carbocycles. The van der Waals surface area contributed by atoms with Gasteiger partial charge in [0.15, 0.2) is 0 Å². The van der Waals surface area contributed by atoms with Crippen molar-refractivity contribution in [2.24, 2.45) is 5.73 Å². The Balaban J connectivity index is 2.25. The van der Waals surface area contributed by atoms with Gasteiger partial charge in [0.2, 0.25) is 0 Å². The van der Waals surface area contributed by atoms with E-state index in [1.807, 2.05) is 0 Å². The Hall–Kier alpha value is -2.57. The van der Waals surface area contributed by atoms with Crippen LogP contribution in [0.2, 0.25) is 0 Å². The number of nitrogens with one attached hydrogen (secondary N) is 2. The molecule has 0 aliphatic heterocycles. The van der Waals surface area contributed by atoms with E-state index in [2.05, 4.69) is 10.3 Å². The van der Waals surface area contributed by atoms with Crippen LogP contribution in [0, 0.1) is 5.41 Å². The Morgan fingerprint density at radius 1 is 1.15 bits per heavy atom. The molecule has 0 aliphatic rings. The first kappa shape index (κ1) is 13.9. The van der Waals surface area contributed by atoms with Crippen LogP contribution in [-0.4, -0.2) is 10.8 Å². The zero-order chi connectivity index (χ0) is 14.8. The molecular formula is C13H11F3N4. The van der Waals surface area contributed by atoms with E-state index in [1.54, 1.807) is 6.07 Å². The van der Waals surface area contributed by atoms with Crippen molar-refractivity contribution in [3.63, 3.8) is 0 Å². The molecule has 104 valence electrons. The second-order valence-electron chi connectivity index (χ2n) is 4.04. The van der Waals surface area contributed by atoms with Crippen LogP contribution in [0.15, 0.2) is 42.7 Å². The van der Waals surface area contributed by atoms with Gasteiger partial charge in [-0.05, 0) is 30.3 Å². The van der Waals surface area contributed by atoms with Gasteiger partial charge in [-0.2, -0.15) is 13.2 Å². The van der Waals surface area contributed by atoms with E-state index in [0.717, 1.165) is 12.1 Å². The summed E-state index contributed by atoms with van der Waals surface area (Å²) in [5.74, 6) is -0.174. The zero-order valence-corrected chi connectivity index (χ0v) is 10.2. The van der Waals surface area contributed by atoms with Crippen molar-refractivity contribution in [1.82, 2.24) is 4.98 Å². The molecule has 4 N–H and O–H groups in total. The second kappa shape index (κ2) is 5.20. The summed E-state index contributed by atoms with van der Waals surface area (Å²) in [7, 11) is 0. The molecular weight excluding hydrogens is 269 g/mol. The SMILES string of the molecule is N=C(N)c1cnccc1Nc1ccc(C(F)(F)F)cc1. The number of pyridine rings is 1.